The maximum Gasteiger partial charge on any atom is 0.318 e. The van der Waals surface area contributed by atoms with Crippen LogP contribution in [0.25, 0.3) is 0 Å². The molecular formula is C21H28O11S2. The predicted octanol–water partition coefficient (Wildman–Crippen LogP) is 0.447. The Morgan fingerprint density at radius 2 is 1.32 bits per heavy atom. The van der Waals surface area contributed by atoms with Gasteiger partial charge in [0.25, 0.3) is 10.1 Å². The lowest BCUT2D eigenvalue weighted by Gasteiger charge is -2.24. The number of aryl methyl sites for hydroxylation is 2. The third-order valence-corrected chi connectivity index (χ3v) is 7.01. The molecule has 3 N–H and O–H groups in total. The van der Waals surface area contributed by atoms with E-state index in [1.165, 1.54) is 36.4 Å². The van der Waals surface area contributed by atoms with Gasteiger partial charge >= 0.3 is 16.1 Å². The van der Waals surface area contributed by atoms with Crippen molar-refractivity contribution in [2.75, 3.05) is 33.0 Å². The second-order valence-electron chi connectivity index (χ2n) is 7.37. The molecule has 0 aliphatic carbocycles. The average molecular weight is 521 g/mol. The van der Waals surface area contributed by atoms with Crippen LogP contribution in [-0.2, 0) is 38.1 Å². The zero-order chi connectivity index (χ0) is 25.4. The van der Waals surface area contributed by atoms with Gasteiger partial charge in [-0.05, 0) is 38.1 Å². The number of ether oxygens (including phenoxy) is 2. The van der Waals surface area contributed by atoms with E-state index in [0.29, 0.717) is 0 Å². The molecule has 1 unspecified atom stereocenters. The first-order valence-corrected chi connectivity index (χ1v) is 12.9. The summed E-state index contributed by atoms with van der Waals surface area (Å²) in [6, 6.07) is 11.6. The van der Waals surface area contributed by atoms with Crippen LogP contribution in [0, 0.1) is 13.8 Å². The van der Waals surface area contributed by atoms with Gasteiger partial charge in [-0.2, -0.15) is 16.8 Å². The smallest absolute Gasteiger partial charge is 0.318 e. The van der Waals surface area contributed by atoms with Gasteiger partial charge in [0.05, 0.1) is 36.2 Å². The number of hydrogen-bond donors (Lipinski definition) is 3. The van der Waals surface area contributed by atoms with E-state index in [9.17, 15) is 32.2 Å². The zero-order valence-electron chi connectivity index (χ0n) is 18.7. The molecule has 0 radical (unpaired) electrons. The second kappa shape index (κ2) is 12.2. The summed E-state index contributed by atoms with van der Waals surface area (Å²) in [7, 11) is -8.46. The van der Waals surface area contributed by atoms with Crippen LogP contribution in [0.1, 0.15) is 11.1 Å². The van der Waals surface area contributed by atoms with E-state index in [1.807, 2.05) is 6.92 Å². The summed E-state index contributed by atoms with van der Waals surface area (Å²) < 4.78 is 68.1. The van der Waals surface area contributed by atoms with Gasteiger partial charge < -0.3 is 24.8 Å². The molecule has 0 aliphatic heterocycles. The van der Waals surface area contributed by atoms with Gasteiger partial charge in [0, 0.05) is 0 Å². The molecule has 11 nitrogen and oxygen atoms in total. The standard InChI is InChI=1S/C21H28O11S2/c1-16-3-7-19(8-4-16)33(25,26)31-12-11-29-14-18(13-22)30-15-21(23,24)32-34(27,28)20-9-5-17(2)6-10-20/h3-10,18,22-24H,11-15H2,1-2H3. The van der Waals surface area contributed by atoms with Crippen molar-refractivity contribution in [2.24, 2.45) is 0 Å². The first-order chi connectivity index (χ1) is 15.8. The van der Waals surface area contributed by atoms with Crippen molar-refractivity contribution in [3.05, 3.63) is 59.7 Å². The molecular weight excluding hydrogens is 492 g/mol. The molecule has 13 heteroatoms. The highest BCUT2D eigenvalue weighted by Crippen LogP contribution is 2.19. The Morgan fingerprint density at radius 3 is 1.82 bits per heavy atom. The quantitative estimate of drug-likeness (QED) is 0.180. The molecule has 34 heavy (non-hydrogen) atoms. The molecule has 1 atom stereocenters. The van der Waals surface area contributed by atoms with Crippen LogP contribution in [0.4, 0.5) is 0 Å². The minimum absolute atomic E-state index is 0.00232. The lowest BCUT2D eigenvalue weighted by Crippen LogP contribution is -2.42. The summed E-state index contributed by atoms with van der Waals surface area (Å²) in [5.74, 6) is -3.21. The summed E-state index contributed by atoms with van der Waals surface area (Å²) in [5, 5.41) is 29.1. The van der Waals surface area contributed by atoms with E-state index in [1.54, 1.807) is 19.1 Å². The predicted molar refractivity (Wildman–Crippen MR) is 119 cm³/mol. The molecule has 0 aromatic heterocycles. The van der Waals surface area contributed by atoms with E-state index in [-0.39, 0.29) is 29.6 Å². The molecule has 0 saturated carbocycles. The van der Waals surface area contributed by atoms with E-state index in [0.717, 1.165) is 11.1 Å². The fourth-order valence-corrected chi connectivity index (χ4v) is 4.38. The molecule has 0 fully saturated rings. The minimum Gasteiger partial charge on any atom is -0.394 e. The van der Waals surface area contributed by atoms with Gasteiger partial charge in [0.15, 0.2) is 0 Å². The van der Waals surface area contributed by atoms with Crippen LogP contribution in [0.15, 0.2) is 58.3 Å². The fraction of sp³-hybridized carbons (Fsp3) is 0.429. The highest BCUT2D eigenvalue weighted by atomic mass is 32.2. The van der Waals surface area contributed by atoms with Gasteiger partial charge in [0.2, 0.25) is 0 Å². The zero-order valence-corrected chi connectivity index (χ0v) is 20.3. The molecule has 0 amide bonds. The highest BCUT2D eigenvalue weighted by molar-refractivity contribution is 7.87. The number of hydrogen-bond acceptors (Lipinski definition) is 11. The first kappa shape index (κ1) is 28.3. The summed E-state index contributed by atoms with van der Waals surface area (Å²) in [4.78, 5) is -0.286. The lowest BCUT2D eigenvalue weighted by molar-refractivity contribution is -0.318. The summed E-state index contributed by atoms with van der Waals surface area (Å²) in [6.07, 6.45) is -1.09. The van der Waals surface area contributed by atoms with Crippen molar-refractivity contribution in [1.82, 2.24) is 0 Å². The van der Waals surface area contributed by atoms with Crippen LogP contribution >= 0.6 is 0 Å². The van der Waals surface area contributed by atoms with Gasteiger partial charge in [-0.15, -0.1) is 0 Å². The number of aliphatic hydroxyl groups excluding tert-OH is 1. The van der Waals surface area contributed by atoms with Crippen molar-refractivity contribution in [1.29, 1.82) is 0 Å². The van der Waals surface area contributed by atoms with E-state index >= 15 is 0 Å². The topological polar surface area (TPSA) is 166 Å². The molecule has 0 saturated heterocycles. The monoisotopic (exact) mass is 520 g/mol. The number of benzene rings is 2. The third-order valence-electron chi connectivity index (χ3n) is 4.34. The molecule has 2 aromatic rings. The first-order valence-electron chi connectivity index (χ1n) is 10.1. The largest absolute Gasteiger partial charge is 0.394 e. The van der Waals surface area contributed by atoms with Gasteiger partial charge in [-0.25, -0.2) is 4.18 Å². The Labute approximate surface area is 198 Å². The van der Waals surface area contributed by atoms with Crippen LogP contribution in [0.3, 0.4) is 0 Å². The van der Waals surface area contributed by atoms with Crippen molar-refractivity contribution in [2.45, 2.75) is 35.7 Å². The Balaban J connectivity index is 1.77. The number of rotatable bonds is 14. The summed E-state index contributed by atoms with van der Waals surface area (Å²) in [5.41, 5.74) is 1.69. The summed E-state index contributed by atoms with van der Waals surface area (Å²) >= 11 is 0. The minimum atomic E-state index is -4.50. The normalized spacial score (nSPS) is 13.7. The van der Waals surface area contributed by atoms with Gasteiger partial charge in [-0.1, -0.05) is 35.4 Å². The maximum atomic E-state index is 12.2. The SMILES string of the molecule is Cc1ccc(S(=O)(=O)OCCOCC(CO)OCC(O)(O)OS(=O)(=O)c2ccc(C)cc2)cc1. The van der Waals surface area contributed by atoms with Crippen LogP contribution in [0.2, 0.25) is 0 Å². The van der Waals surface area contributed by atoms with E-state index < -0.39 is 45.5 Å². The lowest BCUT2D eigenvalue weighted by atomic mass is 10.2. The molecule has 0 spiro atoms. The van der Waals surface area contributed by atoms with E-state index in [2.05, 4.69) is 4.18 Å². The van der Waals surface area contributed by atoms with Crippen LogP contribution in [0.5, 0.6) is 0 Å². The summed E-state index contributed by atoms with van der Waals surface area (Å²) in [6.45, 7) is 1.18. The van der Waals surface area contributed by atoms with Crippen molar-refractivity contribution < 1.29 is 50.0 Å². The molecule has 0 heterocycles. The Hall–Kier alpha value is -1.94. The molecule has 0 bridgehead atoms. The van der Waals surface area contributed by atoms with Gasteiger partial charge in [-0.3, -0.25) is 4.18 Å². The second-order valence-corrected chi connectivity index (χ2v) is 10.5. The molecule has 0 aliphatic rings. The third kappa shape index (κ3) is 9.02. The Kier molecular flexibility index (Phi) is 10.1. The molecule has 190 valence electrons. The van der Waals surface area contributed by atoms with Crippen molar-refractivity contribution >= 4 is 20.2 Å². The van der Waals surface area contributed by atoms with E-state index in [4.69, 9.17) is 13.7 Å². The molecule has 2 rings (SSSR count). The number of aliphatic hydroxyl groups is 3. The maximum absolute atomic E-state index is 12.2. The van der Waals surface area contributed by atoms with Crippen LogP contribution in [-0.4, -0.2) is 77.3 Å². The van der Waals surface area contributed by atoms with Crippen molar-refractivity contribution in [3.8, 4) is 0 Å². The fourth-order valence-electron chi connectivity index (χ4n) is 2.52. The van der Waals surface area contributed by atoms with Crippen molar-refractivity contribution in [3.63, 3.8) is 0 Å². The Bertz CT molecular complexity index is 1110. The Morgan fingerprint density at radius 1 is 0.824 bits per heavy atom. The average Bonchev–Trinajstić information content (AvgIpc) is 2.75. The van der Waals surface area contributed by atoms with Gasteiger partial charge in [0.1, 0.15) is 12.7 Å². The van der Waals surface area contributed by atoms with Crippen LogP contribution < -0.4 is 0 Å². The highest BCUT2D eigenvalue weighted by Gasteiger charge is 2.34. The molecule has 2 aromatic carbocycles.